The first-order valence-corrected chi connectivity index (χ1v) is 5.97. The Labute approximate surface area is 93.9 Å². The van der Waals surface area contributed by atoms with E-state index >= 15 is 0 Å². The van der Waals surface area contributed by atoms with E-state index in [1.807, 2.05) is 19.2 Å². The lowest BCUT2D eigenvalue weighted by Crippen LogP contribution is -2.47. The zero-order valence-electron chi connectivity index (χ0n) is 8.77. The van der Waals surface area contributed by atoms with Crippen LogP contribution in [-0.2, 0) is 4.74 Å². The zero-order chi connectivity index (χ0) is 10.7. The molecule has 0 aromatic carbocycles. The molecule has 0 radical (unpaired) electrons. The molecule has 82 valence electrons. The van der Waals surface area contributed by atoms with Gasteiger partial charge in [0.1, 0.15) is 0 Å². The van der Waals surface area contributed by atoms with Gasteiger partial charge in [-0.15, -0.1) is 11.8 Å². The van der Waals surface area contributed by atoms with Crippen LogP contribution in [0.15, 0.2) is 23.4 Å². The number of nitrogens with zero attached hydrogens (tertiary/aromatic N) is 1. The fourth-order valence-corrected chi connectivity index (χ4v) is 2.38. The number of ether oxygens (including phenoxy) is 1. The monoisotopic (exact) mass is 225 g/mol. The van der Waals surface area contributed by atoms with Crippen LogP contribution in [0, 0.1) is 12.3 Å². The van der Waals surface area contributed by atoms with Crippen molar-refractivity contribution in [1.82, 2.24) is 4.98 Å². The van der Waals surface area contributed by atoms with Gasteiger partial charge in [0.2, 0.25) is 0 Å². The van der Waals surface area contributed by atoms with Crippen LogP contribution in [0.3, 0.4) is 0 Å². The van der Waals surface area contributed by atoms with Crippen molar-refractivity contribution in [3.05, 3.63) is 23.9 Å². The molecule has 0 unspecified atom stereocenters. The number of aromatic nitrogens is 1. The van der Waals surface area contributed by atoms with E-state index in [1.54, 1.807) is 11.8 Å². The maximum Gasteiger partial charge on any atom is 0.0960 e. The number of rotatable bonds is 4. The van der Waals surface area contributed by atoms with Gasteiger partial charge in [0.25, 0.3) is 0 Å². The van der Waals surface area contributed by atoms with E-state index in [-0.39, 0.29) is 12.0 Å². The lowest BCUT2D eigenvalue weighted by atomic mass is 9.90. The lowest BCUT2D eigenvalue weighted by Gasteiger charge is -2.39. The van der Waals surface area contributed by atoms with Gasteiger partial charge in [0.15, 0.2) is 0 Å². The molecule has 3 nitrogen and oxygen atoms in total. The second kappa shape index (κ2) is 4.51. The predicted molar refractivity (Wildman–Crippen MR) is 60.0 cm³/mol. The van der Waals surface area contributed by atoms with Crippen molar-refractivity contribution in [2.75, 3.05) is 25.6 Å². The molecular formula is C11H15NO2S. The van der Waals surface area contributed by atoms with Gasteiger partial charge in [0, 0.05) is 17.4 Å². The first-order valence-electron chi connectivity index (χ1n) is 4.98. The number of aliphatic hydroxyl groups is 1. The smallest absolute Gasteiger partial charge is 0.0960 e. The van der Waals surface area contributed by atoms with Crippen LogP contribution in [0.5, 0.6) is 0 Å². The Hall–Kier alpha value is -0.580. The van der Waals surface area contributed by atoms with Crippen molar-refractivity contribution in [3.8, 4) is 0 Å². The molecule has 0 spiro atoms. The Morgan fingerprint density at radius 2 is 2.33 bits per heavy atom. The highest BCUT2D eigenvalue weighted by molar-refractivity contribution is 7.99. The quantitative estimate of drug-likeness (QED) is 0.788. The van der Waals surface area contributed by atoms with E-state index in [2.05, 4.69) is 11.1 Å². The largest absolute Gasteiger partial charge is 0.396 e. The lowest BCUT2D eigenvalue weighted by molar-refractivity contribution is -0.121. The molecular weight excluding hydrogens is 210 g/mol. The fourth-order valence-electron chi connectivity index (χ4n) is 1.38. The summed E-state index contributed by atoms with van der Waals surface area (Å²) in [5.74, 6) is 0.875. The van der Waals surface area contributed by atoms with E-state index in [0.29, 0.717) is 13.2 Å². The molecule has 1 N–H and O–H groups in total. The Morgan fingerprint density at radius 3 is 2.80 bits per heavy atom. The van der Waals surface area contributed by atoms with Crippen LogP contribution in [0.2, 0.25) is 0 Å². The minimum Gasteiger partial charge on any atom is -0.396 e. The molecule has 1 aliphatic rings. The third kappa shape index (κ3) is 2.51. The second-order valence-electron chi connectivity index (χ2n) is 4.11. The molecule has 4 heteroatoms. The van der Waals surface area contributed by atoms with Gasteiger partial charge in [-0.05, 0) is 18.6 Å². The van der Waals surface area contributed by atoms with Crippen LogP contribution in [0.4, 0.5) is 0 Å². The highest BCUT2D eigenvalue weighted by atomic mass is 32.2. The van der Waals surface area contributed by atoms with Crippen molar-refractivity contribution in [2.24, 2.45) is 5.41 Å². The van der Waals surface area contributed by atoms with Crippen molar-refractivity contribution in [1.29, 1.82) is 0 Å². The summed E-state index contributed by atoms with van der Waals surface area (Å²) in [5, 5.41) is 10.3. The third-order valence-corrected chi connectivity index (χ3v) is 3.86. The molecule has 0 atom stereocenters. The van der Waals surface area contributed by atoms with Crippen molar-refractivity contribution in [2.45, 2.75) is 11.9 Å². The first-order chi connectivity index (χ1) is 7.24. The van der Waals surface area contributed by atoms with Gasteiger partial charge < -0.3 is 9.84 Å². The van der Waals surface area contributed by atoms with Crippen molar-refractivity contribution >= 4 is 11.8 Å². The standard InChI is InChI=1S/C11H15NO2S/c1-9-2-3-10(12-4-9)15-8-11(5-13)6-14-7-11/h2-4,13H,5-8H2,1H3. The molecule has 0 saturated carbocycles. The first kappa shape index (κ1) is 10.9. The SMILES string of the molecule is Cc1ccc(SCC2(CO)COC2)nc1. The van der Waals surface area contributed by atoms with Crippen LogP contribution >= 0.6 is 11.8 Å². The molecule has 2 heterocycles. The molecule has 1 aromatic heterocycles. The third-order valence-electron chi connectivity index (χ3n) is 2.56. The van der Waals surface area contributed by atoms with Crippen LogP contribution < -0.4 is 0 Å². The average Bonchev–Trinajstić information content (AvgIpc) is 2.20. The van der Waals surface area contributed by atoms with Gasteiger partial charge in [0.05, 0.1) is 24.8 Å². The maximum atomic E-state index is 9.24. The second-order valence-corrected chi connectivity index (χ2v) is 5.11. The number of pyridine rings is 1. The molecule has 0 bridgehead atoms. The summed E-state index contributed by atoms with van der Waals surface area (Å²) in [4.78, 5) is 4.31. The molecule has 1 fully saturated rings. The summed E-state index contributed by atoms with van der Waals surface area (Å²) in [6, 6.07) is 4.07. The summed E-state index contributed by atoms with van der Waals surface area (Å²) < 4.78 is 5.14. The Kier molecular flexibility index (Phi) is 3.29. The van der Waals surface area contributed by atoms with Gasteiger partial charge in [-0.2, -0.15) is 0 Å². The summed E-state index contributed by atoms with van der Waals surface area (Å²) in [6.07, 6.45) is 1.87. The van der Waals surface area contributed by atoms with Gasteiger partial charge in [-0.25, -0.2) is 4.98 Å². The number of hydrogen-bond acceptors (Lipinski definition) is 4. The minimum atomic E-state index is -0.0305. The van der Waals surface area contributed by atoms with E-state index in [1.165, 1.54) is 5.56 Å². The predicted octanol–water partition coefficient (Wildman–Crippen LogP) is 1.49. The van der Waals surface area contributed by atoms with E-state index in [9.17, 15) is 5.11 Å². The molecule has 1 aliphatic heterocycles. The number of thioether (sulfide) groups is 1. The minimum absolute atomic E-state index is 0.0305. The molecule has 15 heavy (non-hydrogen) atoms. The fraction of sp³-hybridized carbons (Fsp3) is 0.545. The van der Waals surface area contributed by atoms with Crippen molar-refractivity contribution in [3.63, 3.8) is 0 Å². The topological polar surface area (TPSA) is 42.4 Å². The summed E-state index contributed by atoms with van der Waals surface area (Å²) >= 11 is 1.69. The molecule has 2 rings (SSSR count). The Bertz CT molecular complexity index is 316. The van der Waals surface area contributed by atoms with E-state index < -0.39 is 0 Å². The normalized spacial score (nSPS) is 18.5. The average molecular weight is 225 g/mol. The van der Waals surface area contributed by atoms with E-state index in [4.69, 9.17) is 4.74 Å². The molecule has 1 aromatic rings. The zero-order valence-corrected chi connectivity index (χ0v) is 9.59. The van der Waals surface area contributed by atoms with Gasteiger partial charge >= 0.3 is 0 Å². The van der Waals surface area contributed by atoms with Crippen molar-refractivity contribution < 1.29 is 9.84 Å². The summed E-state index contributed by atoms with van der Waals surface area (Å²) in [7, 11) is 0. The highest BCUT2D eigenvalue weighted by Crippen LogP contribution is 2.33. The number of hydrogen-bond donors (Lipinski definition) is 1. The Balaban J connectivity index is 1.90. The van der Waals surface area contributed by atoms with Gasteiger partial charge in [-0.1, -0.05) is 6.07 Å². The number of aryl methyl sites for hydroxylation is 1. The molecule has 0 amide bonds. The van der Waals surface area contributed by atoms with Crippen LogP contribution in [0.1, 0.15) is 5.56 Å². The number of aliphatic hydroxyl groups excluding tert-OH is 1. The van der Waals surface area contributed by atoms with E-state index in [0.717, 1.165) is 10.8 Å². The molecule has 0 aliphatic carbocycles. The molecule has 1 saturated heterocycles. The Morgan fingerprint density at radius 1 is 1.53 bits per heavy atom. The van der Waals surface area contributed by atoms with Gasteiger partial charge in [-0.3, -0.25) is 0 Å². The van der Waals surface area contributed by atoms with Crippen LogP contribution in [0.25, 0.3) is 0 Å². The van der Waals surface area contributed by atoms with Crippen LogP contribution in [-0.4, -0.2) is 35.7 Å². The summed E-state index contributed by atoms with van der Waals surface area (Å²) in [6.45, 7) is 3.56. The summed E-state index contributed by atoms with van der Waals surface area (Å²) in [5.41, 5.74) is 1.14. The maximum absolute atomic E-state index is 9.24. The highest BCUT2D eigenvalue weighted by Gasteiger charge is 2.38.